The van der Waals surface area contributed by atoms with Crippen molar-refractivity contribution in [3.63, 3.8) is 0 Å². The van der Waals surface area contributed by atoms with Gasteiger partial charge in [0.2, 0.25) is 0 Å². The van der Waals surface area contributed by atoms with Crippen LogP contribution in [0.2, 0.25) is 0 Å². The summed E-state index contributed by atoms with van der Waals surface area (Å²) in [5.41, 5.74) is 1.57. The van der Waals surface area contributed by atoms with E-state index in [2.05, 4.69) is 17.9 Å². The van der Waals surface area contributed by atoms with E-state index in [4.69, 9.17) is 4.74 Å². The van der Waals surface area contributed by atoms with Gasteiger partial charge in [0, 0.05) is 23.9 Å². The summed E-state index contributed by atoms with van der Waals surface area (Å²) in [5, 5.41) is 2.56. The van der Waals surface area contributed by atoms with E-state index in [9.17, 15) is 4.79 Å². The Morgan fingerprint density at radius 2 is 2.29 bits per heavy atom. The molecular formula is C10H13NO2S. The number of methoxy groups -OCH3 is 1. The second-order valence-electron chi connectivity index (χ2n) is 2.76. The van der Waals surface area contributed by atoms with Crippen molar-refractivity contribution >= 4 is 18.5 Å². The number of amides is 1. The summed E-state index contributed by atoms with van der Waals surface area (Å²) >= 11 is 4.16. The molecule has 0 saturated carbocycles. The minimum absolute atomic E-state index is 0.117. The lowest BCUT2D eigenvalue weighted by Crippen LogP contribution is -2.17. The maximum Gasteiger partial charge on any atom is 0.251 e. The predicted octanol–water partition coefficient (Wildman–Crippen LogP) is 1.48. The Balaban J connectivity index is 3.07. The van der Waals surface area contributed by atoms with Crippen molar-refractivity contribution in [2.75, 3.05) is 14.2 Å². The zero-order chi connectivity index (χ0) is 10.6. The Hall–Kier alpha value is -1.16. The van der Waals surface area contributed by atoms with Crippen molar-refractivity contribution in [2.24, 2.45) is 0 Å². The quantitative estimate of drug-likeness (QED) is 0.743. The zero-order valence-corrected chi connectivity index (χ0v) is 9.10. The second kappa shape index (κ2) is 4.91. The fraction of sp³-hybridized carbons (Fsp3) is 0.300. The average Bonchev–Trinajstić information content (AvgIpc) is 2.26. The molecule has 0 fully saturated rings. The van der Waals surface area contributed by atoms with E-state index >= 15 is 0 Å². The van der Waals surface area contributed by atoms with Crippen molar-refractivity contribution in [3.05, 3.63) is 29.3 Å². The molecule has 76 valence electrons. The molecule has 4 heteroatoms. The second-order valence-corrected chi connectivity index (χ2v) is 3.08. The summed E-state index contributed by atoms with van der Waals surface area (Å²) in [7, 11) is 3.18. The van der Waals surface area contributed by atoms with Crippen molar-refractivity contribution in [3.8, 4) is 5.75 Å². The lowest BCUT2D eigenvalue weighted by Gasteiger charge is -2.07. The van der Waals surface area contributed by atoms with Crippen LogP contribution in [-0.2, 0) is 5.75 Å². The smallest absolute Gasteiger partial charge is 0.251 e. The molecule has 0 radical (unpaired) electrons. The average molecular weight is 211 g/mol. The number of ether oxygens (including phenoxy) is 1. The molecule has 3 nitrogen and oxygen atoms in total. The van der Waals surface area contributed by atoms with E-state index in [1.54, 1.807) is 26.3 Å². The van der Waals surface area contributed by atoms with Gasteiger partial charge in [-0.3, -0.25) is 4.79 Å². The van der Waals surface area contributed by atoms with Crippen LogP contribution in [0.15, 0.2) is 18.2 Å². The SMILES string of the molecule is CNC(=O)c1ccc(CS)c(OC)c1. The van der Waals surface area contributed by atoms with Crippen molar-refractivity contribution < 1.29 is 9.53 Å². The van der Waals surface area contributed by atoms with Crippen LogP contribution in [-0.4, -0.2) is 20.1 Å². The molecule has 1 N–H and O–H groups in total. The number of carbonyl (C=O) groups is 1. The molecule has 0 spiro atoms. The number of hydrogen-bond acceptors (Lipinski definition) is 3. The number of hydrogen-bond donors (Lipinski definition) is 2. The van der Waals surface area contributed by atoms with E-state index in [-0.39, 0.29) is 5.91 Å². The van der Waals surface area contributed by atoms with Crippen LogP contribution >= 0.6 is 12.6 Å². The van der Waals surface area contributed by atoms with E-state index in [1.807, 2.05) is 6.07 Å². The fourth-order valence-electron chi connectivity index (χ4n) is 1.16. The lowest BCUT2D eigenvalue weighted by atomic mass is 10.1. The van der Waals surface area contributed by atoms with Gasteiger partial charge < -0.3 is 10.1 Å². The Morgan fingerprint density at radius 3 is 2.79 bits per heavy atom. The summed E-state index contributed by atoms with van der Waals surface area (Å²) in [6.07, 6.45) is 0. The monoisotopic (exact) mass is 211 g/mol. The highest BCUT2D eigenvalue weighted by Gasteiger charge is 2.07. The number of nitrogens with one attached hydrogen (secondary N) is 1. The minimum Gasteiger partial charge on any atom is -0.496 e. The Bertz CT molecular complexity index is 339. The molecule has 0 heterocycles. The van der Waals surface area contributed by atoms with E-state index in [0.29, 0.717) is 17.1 Å². The molecule has 0 aliphatic carbocycles. The third kappa shape index (κ3) is 2.20. The van der Waals surface area contributed by atoms with Crippen LogP contribution in [0.1, 0.15) is 15.9 Å². The molecule has 0 aliphatic heterocycles. The van der Waals surface area contributed by atoms with Crippen LogP contribution in [0, 0.1) is 0 Å². The van der Waals surface area contributed by atoms with Crippen LogP contribution in [0.5, 0.6) is 5.75 Å². The normalized spacial score (nSPS) is 9.64. The van der Waals surface area contributed by atoms with Crippen LogP contribution in [0.4, 0.5) is 0 Å². The lowest BCUT2D eigenvalue weighted by molar-refractivity contribution is 0.0962. The molecule has 1 rings (SSSR count). The van der Waals surface area contributed by atoms with Gasteiger partial charge in [0.05, 0.1) is 7.11 Å². The van der Waals surface area contributed by atoms with Crippen LogP contribution in [0.25, 0.3) is 0 Å². The Labute approximate surface area is 88.9 Å². The number of rotatable bonds is 3. The van der Waals surface area contributed by atoms with Gasteiger partial charge in [0.15, 0.2) is 0 Å². The highest BCUT2D eigenvalue weighted by Crippen LogP contribution is 2.21. The Morgan fingerprint density at radius 1 is 1.57 bits per heavy atom. The number of benzene rings is 1. The van der Waals surface area contributed by atoms with Gasteiger partial charge >= 0.3 is 0 Å². The topological polar surface area (TPSA) is 38.3 Å². The summed E-state index contributed by atoms with van der Waals surface area (Å²) < 4.78 is 5.14. The van der Waals surface area contributed by atoms with E-state index in [0.717, 1.165) is 5.56 Å². The predicted molar refractivity (Wildman–Crippen MR) is 59.1 cm³/mol. The van der Waals surface area contributed by atoms with Gasteiger partial charge in [-0.25, -0.2) is 0 Å². The standard InChI is InChI=1S/C10H13NO2S/c1-11-10(12)7-3-4-8(6-14)9(5-7)13-2/h3-5,14H,6H2,1-2H3,(H,11,12). The summed E-state index contributed by atoms with van der Waals surface area (Å²) in [5.74, 6) is 1.17. The van der Waals surface area contributed by atoms with Gasteiger partial charge in [0.1, 0.15) is 5.75 Å². The molecule has 14 heavy (non-hydrogen) atoms. The molecule has 1 aromatic carbocycles. The highest BCUT2D eigenvalue weighted by atomic mass is 32.1. The van der Waals surface area contributed by atoms with Crippen molar-refractivity contribution in [2.45, 2.75) is 5.75 Å². The van der Waals surface area contributed by atoms with Gasteiger partial charge in [0.25, 0.3) is 5.91 Å². The number of thiol groups is 1. The number of carbonyl (C=O) groups excluding carboxylic acids is 1. The fourth-order valence-corrected chi connectivity index (χ4v) is 1.42. The van der Waals surface area contributed by atoms with E-state index < -0.39 is 0 Å². The molecule has 1 aromatic rings. The van der Waals surface area contributed by atoms with Gasteiger partial charge in [-0.05, 0) is 12.1 Å². The molecule has 1 amide bonds. The highest BCUT2D eigenvalue weighted by molar-refractivity contribution is 7.79. The minimum atomic E-state index is -0.117. The van der Waals surface area contributed by atoms with Crippen LogP contribution < -0.4 is 10.1 Å². The summed E-state index contributed by atoms with van der Waals surface area (Å²) in [6, 6.07) is 5.31. The van der Waals surface area contributed by atoms with Crippen LogP contribution in [0.3, 0.4) is 0 Å². The van der Waals surface area contributed by atoms with E-state index in [1.165, 1.54) is 0 Å². The first-order valence-electron chi connectivity index (χ1n) is 4.22. The molecule has 0 saturated heterocycles. The summed E-state index contributed by atoms with van der Waals surface area (Å²) in [6.45, 7) is 0. The third-order valence-corrected chi connectivity index (χ3v) is 2.29. The summed E-state index contributed by atoms with van der Waals surface area (Å²) in [4.78, 5) is 11.3. The first-order valence-corrected chi connectivity index (χ1v) is 4.86. The molecule has 0 atom stereocenters. The molecule has 0 aliphatic rings. The maximum atomic E-state index is 11.3. The first-order chi connectivity index (χ1) is 6.72. The third-order valence-electron chi connectivity index (χ3n) is 1.95. The molecular weight excluding hydrogens is 198 g/mol. The molecule has 0 aromatic heterocycles. The van der Waals surface area contributed by atoms with Crippen molar-refractivity contribution in [1.29, 1.82) is 0 Å². The first kappa shape index (κ1) is 10.9. The zero-order valence-electron chi connectivity index (χ0n) is 8.20. The van der Waals surface area contributed by atoms with Gasteiger partial charge in [-0.1, -0.05) is 6.07 Å². The Kier molecular flexibility index (Phi) is 3.83. The molecule has 0 bridgehead atoms. The van der Waals surface area contributed by atoms with Gasteiger partial charge in [-0.2, -0.15) is 12.6 Å². The van der Waals surface area contributed by atoms with Gasteiger partial charge in [-0.15, -0.1) is 0 Å². The van der Waals surface area contributed by atoms with Crippen molar-refractivity contribution in [1.82, 2.24) is 5.32 Å². The maximum absolute atomic E-state index is 11.3. The largest absolute Gasteiger partial charge is 0.496 e. The molecule has 0 unspecified atom stereocenters.